The SMILES string of the molecule is CCNCc1ccc(CN(CCOC)C(C)CC)s1. The molecule has 1 aromatic heterocycles. The summed E-state index contributed by atoms with van der Waals surface area (Å²) in [5.41, 5.74) is 0. The molecule has 110 valence electrons. The molecule has 0 aliphatic heterocycles. The standard InChI is InChI=1S/C15H28N2OS/c1-5-13(3)17(9-10-18-4)12-15-8-7-14(19-15)11-16-6-2/h7-8,13,16H,5-6,9-12H2,1-4H3. The Bertz CT molecular complexity index is 341. The Morgan fingerprint density at radius 3 is 2.68 bits per heavy atom. The van der Waals surface area contributed by atoms with E-state index < -0.39 is 0 Å². The van der Waals surface area contributed by atoms with Crippen molar-refractivity contribution in [1.29, 1.82) is 0 Å². The van der Waals surface area contributed by atoms with E-state index in [0.29, 0.717) is 6.04 Å². The van der Waals surface area contributed by atoms with E-state index in [4.69, 9.17) is 4.74 Å². The number of rotatable bonds is 10. The lowest BCUT2D eigenvalue weighted by Crippen LogP contribution is -2.34. The summed E-state index contributed by atoms with van der Waals surface area (Å²) in [6.45, 7) is 11.5. The number of nitrogens with zero attached hydrogens (tertiary/aromatic N) is 1. The van der Waals surface area contributed by atoms with Gasteiger partial charge in [-0.25, -0.2) is 0 Å². The van der Waals surface area contributed by atoms with E-state index >= 15 is 0 Å². The molecule has 0 aromatic carbocycles. The highest BCUT2D eigenvalue weighted by molar-refractivity contribution is 7.11. The van der Waals surface area contributed by atoms with E-state index in [1.807, 2.05) is 11.3 Å². The molecule has 1 aromatic rings. The molecule has 0 radical (unpaired) electrons. The minimum Gasteiger partial charge on any atom is -0.383 e. The van der Waals surface area contributed by atoms with Crippen LogP contribution in [0.2, 0.25) is 0 Å². The molecule has 1 N–H and O–H groups in total. The molecule has 0 saturated heterocycles. The highest BCUT2D eigenvalue weighted by Crippen LogP contribution is 2.19. The summed E-state index contributed by atoms with van der Waals surface area (Å²) < 4.78 is 5.21. The van der Waals surface area contributed by atoms with E-state index in [9.17, 15) is 0 Å². The number of hydrogen-bond acceptors (Lipinski definition) is 4. The fourth-order valence-electron chi connectivity index (χ4n) is 1.97. The lowest BCUT2D eigenvalue weighted by molar-refractivity contribution is 0.119. The van der Waals surface area contributed by atoms with Crippen molar-refractivity contribution in [2.24, 2.45) is 0 Å². The molecule has 0 saturated carbocycles. The highest BCUT2D eigenvalue weighted by Gasteiger charge is 2.13. The predicted octanol–water partition coefficient (Wildman–Crippen LogP) is 3.10. The molecule has 0 amide bonds. The zero-order valence-corrected chi connectivity index (χ0v) is 13.6. The maximum Gasteiger partial charge on any atom is 0.0589 e. The van der Waals surface area contributed by atoms with Crippen LogP contribution in [0.25, 0.3) is 0 Å². The Labute approximate surface area is 122 Å². The van der Waals surface area contributed by atoms with Gasteiger partial charge in [0.05, 0.1) is 6.61 Å². The van der Waals surface area contributed by atoms with Crippen LogP contribution in [0, 0.1) is 0 Å². The maximum atomic E-state index is 5.21. The Balaban J connectivity index is 2.54. The number of nitrogens with one attached hydrogen (secondary N) is 1. The van der Waals surface area contributed by atoms with Crippen LogP contribution in [0.15, 0.2) is 12.1 Å². The van der Waals surface area contributed by atoms with E-state index in [0.717, 1.165) is 32.8 Å². The van der Waals surface area contributed by atoms with Crippen LogP contribution in [0.1, 0.15) is 36.9 Å². The summed E-state index contributed by atoms with van der Waals surface area (Å²) in [6.07, 6.45) is 1.18. The lowest BCUT2D eigenvalue weighted by atomic mass is 10.2. The number of hydrogen-bond donors (Lipinski definition) is 1. The van der Waals surface area contributed by atoms with Crippen LogP contribution in [0.3, 0.4) is 0 Å². The summed E-state index contributed by atoms with van der Waals surface area (Å²) >= 11 is 1.92. The van der Waals surface area contributed by atoms with Gasteiger partial charge in [-0.2, -0.15) is 0 Å². The molecule has 1 atom stereocenters. The fourth-order valence-corrected chi connectivity index (χ4v) is 2.99. The van der Waals surface area contributed by atoms with Crippen molar-refractivity contribution in [1.82, 2.24) is 10.2 Å². The summed E-state index contributed by atoms with van der Waals surface area (Å²) in [7, 11) is 1.77. The third-order valence-electron chi connectivity index (χ3n) is 3.42. The van der Waals surface area contributed by atoms with Gasteiger partial charge in [0.15, 0.2) is 0 Å². The molecule has 0 fully saturated rings. The van der Waals surface area contributed by atoms with Gasteiger partial charge in [-0.3, -0.25) is 4.90 Å². The zero-order chi connectivity index (χ0) is 14.1. The van der Waals surface area contributed by atoms with Gasteiger partial charge in [0.25, 0.3) is 0 Å². The number of methoxy groups -OCH3 is 1. The Morgan fingerprint density at radius 1 is 1.32 bits per heavy atom. The van der Waals surface area contributed by atoms with Crippen LogP contribution in [-0.2, 0) is 17.8 Å². The predicted molar refractivity (Wildman–Crippen MR) is 83.7 cm³/mol. The summed E-state index contributed by atoms with van der Waals surface area (Å²) in [6, 6.07) is 5.11. The van der Waals surface area contributed by atoms with Crippen molar-refractivity contribution < 1.29 is 4.74 Å². The molecule has 1 unspecified atom stereocenters. The molecule has 0 aliphatic carbocycles. The second kappa shape index (κ2) is 9.48. The average Bonchev–Trinajstić information content (AvgIpc) is 2.87. The van der Waals surface area contributed by atoms with E-state index in [1.54, 1.807) is 7.11 Å². The lowest BCUT2D eigenvalue weighted by Gasteiger charge is -2.27. The molecular weight excluding hydrogens is 256 g/mol. The number of ether oxygens (including phenoxy) is 1. The third kappa shape index (κ3) is 6.04. The van der Waals surface area contributed by atoms with Crippen LogP contribution in [0.4, 0.5) is 0 Å². The van der Waals surface area contributed by atoms with Crippen molar-refractivity contribution in [3.05, 3.63) is 21.9 Å². The minimum atomic E-state index is 0.606. The van der Waals surface area contributed by atoms with Gasteiger partial charge in [-0.1, -0.05) is 13.8 Å². The number of thiophene rings is 1. The maximum absolute atomic E-state index is 5.21. The van der Waals surface area contributed by atoms with Crippen molar-refractivity contribution in [2.45, 2.75) is 46.3 Å². The van der Waals surface area contributed by atoms with Gasteiger partial charge in [-0.05, 0) is 32.0 Å². The Morgan fingerprint density at radius 2 is 2.05 bits per heavy atom. The summed E-state index contributed by atoms with van der Waals surface area (Å²) in [5, 5.41) is 3.38. The highest BCUT2D eigenvalue weighted by atomic mass is 32.1. The molecule has 0 bridgehead atoms. The smallest absolute Gasteiger partial charge is 0.0589 e. The molecule has 0 spiro atoms. The molecular formula is C15H28N2OS. The Hall–Kier alpha value is -0.420. The van der Waals surface area contributed by atoms with Gasteiger partial charge in [0.1, 0.15) is 0 Å². The first-order valence-electron chi connectivity index (χ1n) is 7.22. The first-order chi connectivity index (χ1) is 9.21. The van der Waals surface area contributed by atoms with E-state index in [1.165, 1.54) is 16.2 Å². The average molecular weight is 284 g/mol. The van der Waals surface area contributed by atoms with Gasteiger partial charge in [0, 0.05) is 42.5 Å². The largest absolute Gasteiger partial charge is 0.383 e. The van der Waals surface area contributed by atoms with E-state index in [2.05, 4.69) is 43.1 Å². The van der Waals surface area contributed by atoms with Crippen molar-refractivity contribution in [2.75, 3.05) is 26.8 Å². The molecule has 19 heavy (non-hydrogen) atoms. The molecule has 1 heterocycles. The molecule has 3 nitrogen and oxygen atoms in total. The van der Waals surface area contributed by atoms with Crippen molar-refractivity contribution in [3.63, 3.8) is 0 Å². The van der Waals surface area contributed by atoms with Gasteiger partial charge in [-0.15, -0.1) is 11.3 Å². The van der Waals surface area contributed by atoms with Crippen LogP contribution in [-0.4, -0.2) is 37.7 Å². The van der Waals surface area contributed by atoms with Gasteiger partial charge >= 0.3 is 0 Å². The van der Waals surface area contributed by atoms with Crippen LogP contribution in [0.5, 0.6) is 0 Å². The second-order valence-electron chi connectivity index (χ2n) is 4.87. The van der Waals surface area contributed by atoms with Gasteiger partial charge in [0.2, 0.25) is 0 Å². The molecule has 0 aliphatic rings. The van der Waals surface area contributed by atoms with Crippen molar-refractivity contribution in [3.8, 4) is 0 Å². The first-order valence-corrected chi connectivity index (χ1v) is 8.04. The zero-order valence-electron chi connectivity index (χ0n) is 12.7. The first kappa shape index (κ1) is 16.6. The normalized spacial score (nSPS) is 13.1. The quantitative estimate of drug-likeness (QED) is 0.714. The molecule has 4 heteroatoms. The fraction of sp³-hybridized carbons (Fsp3) is 0.733. The van der Waals surface area contributed by atoms with Crippen LogP contribution < -0.4 is 5.32 Å². The minimum absolute atomic E-state index is 0.606. The monoisotopic (exact) mass is 284 g/mol. The molecule has 1 rings (SSSR count). The summed E-state index contributed by atoms with van der Waals surface area (Å²) in [5.74, 6) is 0. The van der Waals surface area contributed by atoms with Gasteiger partial charge < -0.3 is 10.1 Å². The third-order valence-corrected chi connectivity index (χ3v) is 4.49. The summed E-state index contributed by atoms with van der Waals surface area (Å²) in [4.78, 5) is 5.38. The topological polar surface area (TPSA) is 24.5 Å². The van der Waals surface area contributed by atoms with Crippen LogP contribution >= 0.6 is 11.3 Å². The second-order valence-corrected chi connectivity index (χ2v) is 6.12. The van der Waals surface area contributed by atoms with Crippen molar-refractivity contribution >= 4 is 11.3 Å². The van der Waals surface area contributed by atoms with E-state index in [-0.39, 0.29) is 0 Å². The Kier molecular flexibility index (Phi) is 8.30.